The first-order chi connectivity index (χ1) is 7.97. The predicted octanol–water partition coefficient (Wildman–Crippen LogP) is 1.85. The minimum Gasteiger partial charge on any atom is -0.469 e. The van der Waals surface area contributed by atoms with Crippen molar-refractivity contribution < 1.29 is 9.66 Å². The molecule has 1 heterocycles. The molecule has 17 heavy (non-hydrogen) atoms. The summed E-state index contributed by atoms with van der Waals surface area (Å²) in [6.07, 6.45) is 1.08. The zero-order valence-corrected chi connectivity index (χ0v) is 10.3. The molecule has 0 spiro atoms. The fourth-order valence-electron chi connectivity index (χ4n) is 1.11. The Hall–Kier alpha value is -1.92. The fourth-order valence-corrected chi connectivity index (χ4v) is 1.11. The first-order valence-corrected chi connectivity index (χ1v) is 5.31. The number of nitrogens with zero attached hydrogens (tertiary/aromatic N) is 3. The van der Waals surface area contributed by atoms with Gasteiger partial charge in [-0.25, -0.2) is 4.98 Å². The first-order valence-electron chi connectivity index (χ1n) is 5.31. The van der Waals surface area contributed by atoms with Gasteiger partial charge in [-0.15, -0.1) is 0 Å². The smallest absolute Gasteiger partial charge is 0.372 e. The Labute approximate surface area is 99.4 Å². The van der Waals surface area contributed by atoms with Crippen LogP contribution in [0.1, 0.15) is 20.8 Å². The zero-order valence-electron chi connectivity index (χ0n) is 10.3. The van der Waals surface area contributed by atoms with E-state index in [-0.39, 0.29) is 29.4 Å². The molecule has 1 aromatic rings. The molecule has 1 N–H and O–H groups in total. The summed E-state index contributed by atoms with van der Waals surface area (Å²) in [5.74, 6) is 0.383. The topological polar surface area (TPSA) is 90.2 Å². The summed E-state index contributed by atoms with van der Waals surface area (Å²) in [6, 6.07) is 0. The van der Waals surface area contributed by atoms with E-state index in [2.05, 4.69) is 15.3 Å². The van der Waals surface area contributed by atoms with E-state index in [0.29, 0.717) is 0 Å². The van der Waals surface area contributed by atoms with Crippen LogP contribution in [0.5, 0.6) is 5.88 Å². The highest BCUT2D eigenvalue weighted by Crippen LogP contribution is 2.31. The SMILES string of the molecule is CNc1ncnc(OC(C)C(C)C)c1[N+](=O)[O-]. The maximum absolute atomic E-state index is 11.0. The van der Waals surface area contributed by atoms with Gasteiger partial charge >= 0.3 is 5.69 Å². The van der Waals surface area contributed by atoms with Gasteiger partial charge in [0.05, 0.1) is 4.92 Å². The standard InChI is InChI=1S/C10H16N4O3/c1-6(2)7(3)17-10-8(14(15)16)9(11-4)12-5-13-10/h5-7H,1-4H3,(H,11,12,13). The van der Waals surface area contributed by atoms with Crippen LogP contribution in [0.4, 0.5) is 11.5 Å². The normalized spacial score (nSPS) is 12.3. The highest BCUT2D eigenvalue weighted by molar-refractivity contribution is 5.60. The molecular weight excluding hydrogens is 224 g/mol. The molecule has 0 bridgehead atoms. The molecular formula is C10H16N4O3. The van der Waals surface area contributed by atoms with Crippen LogP contribution in [0.3, 0.4) is 0 Å². The molecule has 1 aromatic heterocycles. The van der Waals surface area contributed by atoms with Gasteiger partial charge in [-0.1, -0.05) is 13.8 Å². The van der Waals surface area contributed by atoms with Gasteiger partial charge in [-0.3, -0.25) is 10.1 Å². The van der Waals surface area contributed by atoms with Crippen LogP contribution in [0, 0.1) is 16.0 Å². The Bertz CT molecular complexity index is 409. The Morgan fingerprint density at radius 2 is 2.06 bits per heavy atom. The molecule has 0 radical (unpaired) electrons. The second-order valence-electron chi connectivity index (χ2n) is 3.95. The third-order valence-electron chi connectivity index (χ3n) is 2.44. The van der Waals surface area contributed by atoms with Crippen LogP contribution in [-0.2, 0) is 0 Å². The van der Waals surface area contributed by atoms with Crippen LogP contribution in [0.2, 0.25) is 0 Å². The van der Waals surface area contributed by atoms with Crippen molar-refractivity contribution in [2.75, 3.05) is 12.4 Å². The molecule has 0 saturated heterocycles. The number of anilines is 1. The van der Waals surface area contributed by atoms with Crippen LogP contribution in [0.25, 0.3) is 0 Å². The molecule has 7 heteroatoms. The van der Waals surface area contributed by atoms with Gasteiger partial charge in [-0.2, -0.15) is 4.98 Å². The molecule has 1 atom stereocenters. The summed E-state index contributed by atoms with van der Waals surface area (Å²) >= 11 is 0. The number of hydrogen-bond donors (Lipinski definition) is 1. The average molecular weight is 240 g/mol. The Morgan fingerprint density at radius 1 is 1.41 bits per heavy atom. The van der Waals surface area contributed by atoms with E-state index in [1.807, 2.05) is 20.8 Å². The third kappa shape index (κ3) is 3.02. The highest BCUT2D eigenvalue weighted by atomic mass is 16.6. The summed E-state index contributed by atoms with van der Waals surface area (Å²) < 4.78 is 5.48. The number of aromatic nitrogens is 2. The van der Waals surface area contributed by atoms with E-state index < -0.39 is 4.92 Å². The molecule has 0 aliphatic carbocycles. The largest absolute Gasteiger partial charge is 0.469 e. The molecule has 0 saturated carbocycles. The van der Waals surface area contributed by atoms with Crippen molar-refractivity contribution in [3.05, 3.63) is 16.4 Å². The third-order valence-corrected chi connectivity index (χ3v) is 2.44. The quantitative estimate of drug-likeness (QED) is 0.624. The Morgan fingerprint density at radius 3 is 2.53 bits per heavy atom. The predicted molar refractivity (Wildman–Crippen MR) is 63.2 cm³/mol. The van der Waals surface area contributed by atoms with Gasteiger partial charge in [0.15, 0.2) is 0 Å². The van der Waals surface area contributed by atoms with Crippen molar-refractivity contribution in [2.45, 2.75) is 26.9 Å². The lowest BCUT2D eigenvalue weighted by Crippen LogP contribution is -2.20. The highest BCUT2D eigenvalue weighted by Gasteiger charge is 2.25. The van der Waals surface area contributed by atoms with E-state index in [4.69, 9.17) is 4.74 Å². The van der Waals surface area contributed by atoms with Gasteiger partial charge < -0.3 is 10.1 Å². The van der Waals surface area contributed by atoms with Crippen LogP contribution in [0.15, 0.2) is 6.33 Å². The second-order valence-corrected chi connectivity index (χ2v) is 3.95. The summed E-state index contributed by atoms with van der Waals surface area (Å²) in [5.41, 5.74) is -0.234. The number of rotatable bonds is 5. The van der Waals surface area contributed by atoms with E-state index in [9.17, 15) is 10.1 Å². The lowest BCUT2D eigenvalue weighted by Gasteiger charge is -2.17. The molecule has 7 nitrogen and oxygen atoms in total. The van der Waals surface area contributed by atoms with Crippen molar-refractivity contribution >= 4 is 11.5 Å². The van der Waals surface area contributed by atoms with Gasteiger partial charge in [0.2, 0.25) is 5.82 Å². The van der Waals surface area contributed by atoms with Crippen molar-refractivity contribution in [1.82, 2.24) is 9.97 Å². The van der Waals surface area contributed by atoms with Crippen LogP contribution in [-0.4, -0.2) is 28.0 Å². The Balaban J connectivity index is 3.10. The molecule has 94 valence electrons. The molecule has 0 fully saturated rings. The molecule has 0 amide bonds. The van der Waals surface area contributed by atoms with Crippen molar-refractivity contribution in [3.63, 3.8) is 0 Å². The van der Waals surface area contributed by atoms with E-state index in [1.54, 1.807) is 7.05 Å². The molecule has 0 aliphatic heterocycles. The lowest BCUT2D eigenvalue weighted by atomic mass is 10.1. The number of ether oxygens (including phenoxy) is 1. The van der Waals surface area contributed by atoms with Gasteiger partial charge in [-0.05, 0) is 12.8 Å². The Kier molecular flexibility index (Phi) is 4.19. The van der Waals surface area contributed by atoms with E-state index >= 15 is 0 Å². The maximum atomic E-state index is 11.0. The summed E-state index contributed by atoms with van der Waals surface area (Å²) in [7, 11) is 1.56. The molecule has 1 unspecified atom stereocenters. The minimum atomic E-state index is -0.547. The lowest BCUT2D eigenvalue weighted by molar-refractivity contribution is -0.385. The monoisotopic (exact) mass is 240 g/mol. The van der Waals surface area contributed by atoms with Crippen molar-refractivity contribution in [2.24, 2.45) is 5.92 Å². The maximum Gasteiger partial charge on any atom is 0.372 e. The summed E-state index contributed by atoms with van der Waals surface area (Å²) in [4.78, 5) is 18.0. The zero-order chi connectivity index (χ0) is 13.0. The van der Waals surface area contributed by atoms with Gasteiger partial charge in [0.25, 0.3) is 5.88 Å². The molecule has 0 aliphatic rings. The van der Waals surface area contributed by atoms with Crippen LogP contribution < -0.4 is 10.1 Å². The van der Waals surface area contributed by atoms with Crippen LogP contribution >= 0.6 is 0 Å². The number of nitrogens with one attached hydrogen (secondary N) is 1. The second kappa shape index (κ2) is 5.42. The summed E-state index contributed by atoms with van der Waals surface area (Å²) in [6.45, 7) is 5.78. The first kappa shape index (κ1) is 13.1. The van der Waals surface area contributed by atoms with Crippen molar-refractivity contribution in [3.8, 4) is 5.88 Å². The summed E-state index contributed by atoms with van der Waals surface area (Å²) in [5, 5.41) is 13.6. The van der Waals surface area contributed by atoms with Gasteiger partial charge in [0, 0.05) is 7.05 Å². The minimum absolute atomic E-state index is 0.00412. The average Bonchev–Trinajstić information content (AvgIpc) is 2.27. The van der Waals surface area contributed by atoms with E-state index in [0.717, 1.165) is 0 Å². The molecule has 0 aromatic carbocycles. The van der Waals surface area contributed by atoms with Gasteiger partial charge in [0.1, 0.15) is 12.4 Å². The molecule has 1 rings (SSSR count). The fraction of sp³-hybridized carbons (Fsp3) is 0.600. The number of hydrogen-bond acceptors (Lipinski definition) is 6. The number of nitro groups is 1. The van der Waals surface area contributed by atoms with E-state index in [1.165, 1.54) is 6.33 Å². The van der Waals surface area contributed by atoms with Crippen molar-refractivity contribution in [1.29, 1.82) is 0 Å².